The largest absolute Gasteiger partial charge is 0.451 e. The molecule has 0 N–H and O–H groups in total. The molecule has 0 spiro atoms. The van der Waals surface area contributed by atoms with Crippen molar-refractivity contribution in [3.8, 4) is 0 Å². The third-order valence-electron chi connectivity index (χ3n) is 6.15. The van der Waals surface area contributed by atoms with Crippen LogP contribution in [0.3, 0.4) is 0 Å². The molecule has 31 heavy (non-hydrogen) atoms. The second kappa shape index (κ2) is 9.83. The lowest BCUT2D eigenvalue weighted by molar-refractivity contribution is -0.131. The van der Waals surface area contributed by atoms with E-state index in [0.29, 0.717) is 44.1 Å². The summed E-state index contributed by atoms with van der Waals surface area (Å²) in [6.45, 7) is 9.29. The predicted molar refractivity (Wildman–Crippen MR) is 119 cm³/mol. The number of carbonyl (C=O) groups is 2. The molecule has 0 unspecified atom stereocenters. The minimum absolute atomic E-state index is 0.0662. The van der Waals surface area contributed by atoms with Gasteiger partial charge in [0.05, 0.1) is 19.3 Å². The fourth-order valence-electron chi connectivity index (χ4n) is 4.40. The van der Waals surface area contributed by atoms with Gasteiger partial charge in [-0.1, -0.05) is 18.2 Å². The third-order valence-corrected chi connectivity index (χ3v) is 6.15. The second-order valence-corrected chi connectivity index (χ2v) is 8.78. The molecule has 2 aromatic rings. The number of ether oxygens (including phenoxy) is 1. The zero-order valence-corrected chi connectivity index (χ0v) is 18.6. The molecule has 0 radical (unpaired) electrons. The predicted octanol–water partition coefficient (Wildman–Crippen LogP) is 3.13. The molecule has 7 heteroatoms. The Kier molecular flexibility index (Phi) is 6.92. The van der Waals surface area contributed by atoms with Gasteiger partial charge in [-0.25, -0.2) is 0 Å². The summed E-state index contributed by atoms with van der Waals surface area (Å²) in [5, 5.41) is 0.930. The number of para-hydroxylation sites is 1. The molecule has 2 fully saturated rings. The minimum atomic E-state index is -0.0914. The Morgan fingerprint density at radius 3 is 2.48 bits per heavy atom. The van der Waals surface area contributed by atoms with Gasteiger partial charge in [0.2, 0.25) is 5.91 Å². The number of benzene rings is 1. The quantitative estimate of drug-likeness (QED) is 0.709. The van der Waals surface area contributed by atoms with Gasteiger partial charge in [0.25, 0.3) is 5.91 Å². The van der Waals surface area contributed by atoms with Crippen molar-refractivity contribution in [3.63, 3.8) is 0 Å². The average molecular weight is 428 g/mol. The monoisotopic (exact) mass is 427 g/mol. The van der Waals surface area contributed by atoms with E-state index in [4.69, 9.17) is 9.15 Å². The van der Waals surface area contributed by atoms with Crippen molar-refractivity contribution in [2.75, 3.05) is 45.8 Å². The summed E-state index contributed by atoms with van der Waals surface area (Å²) in [7, 11) is 0. The van der Waals surface area contributed by atoms with Gasteiger partial charge in [0.1, 0.15) is 5.58 Å². The normalized spacial score (nSPS) is 18.2. The van der Waals surface area contributed by atoms with Gasteiger partial charge >= 0.3 is 0 Å². The Morgan fingerprint density at radius 1 is 0.968 bits per heavy atom. The molecule has 1 aromatic heterocycles. The Morgan fingerprint density at radius 2 is 1.71 bits per heavy atom. The second-order valence-electron chi connectivity index (χ2n) is 8.78. The number of nitrogens with zero attached hydrogens (tertiary/aromatic N) is 3. The third kappa shape index (κ3) is 5.10. The van der Waals surface area contributed by atoms with Crippen LogP contribution in [0.25, 0.3) is 11.0 Å². The summed E-state index contributed by atoms with van der Waals surface area (Å²) < 4.78 is 11.8. The van der Waals surface area contributed by atoms with Crippen LogP contribution in [0.4, 0.5) is 0 Å². The summed E-state index contributed by atoms with van der Waals surface area (Å²) in [5.41, 5.74) is 1.53. The standard InChI is InChI=1S/C24H33N3O4/c1-18(2)30-17-20-19-8-3-4-9-21(19)31-23(20)24(29)27-13-7-10-25(14-15-27)16-22(28)26-11-5-6-12-26/h3-4,8-9,18H,5-7,10-17H2,1-2H3. The van der Waals surface area contributed by atoms with Gasteiger partial charge in [-0.3, -0.25) is 14.5 Å². The van der Waals surface area contributed by atoms with Gasteiger partial charge in [-0.2, -0.15) is 0 Å². The lowest BCUT2D eigenvalue weighted by atomic mass is 10.1. The van der Waals surface area contributed by atoms with E-state index in [1.807, 2.05) is 47.9 Å². The minimum Gasteiger partial charge on any atom is -0.451 e. The van der Waals surface area contributed by atoms with Crippen molar-refractivity contribution in [1.82, 2.24) is 14.7 Å². The van der Waals surface area contributed by atoms with Gasteiger partial charge in [-0.15, -0.1) is 0 Å². The molecular formula is C24H33N3O4. The van der Waals surface area contributed by atoms with Crippen LogP contribution in [0.15, 0.2) is 28.7 Å². The fourth-order valence-corrected chi connectivity index (χ4v) is 4.40. The molecule has 7 nitrogen and oxygen atoms in total. The van der Waals surface area contributed by atoms with E-state index in [0.717, 1.165) is 49.8 Å². The molecular weight excluding hydrogens is 394 g/mol. The number of rotatable bonds is 6. The number of hydrogen-bond donors (Lipinski definition) is 0. The highest BCUT2D eigenvalue weighted by atomic mass is 16.5. The van der Waals surface area contributed by atoms with Crippen LogP contribution in [0.2, 0.25) is 0 Å². The highest BCUT2D eigenvalue weighted by molar-refractivity contribution is 5.99. The highest BCUT2D eigenvalue weighted by Crippen LogP contribution is 2.28. The van der Waals surface area contributed by atoms with E-state index in [1.165, 1.54) is 0 Å². The highest BCUT2D eigenvalue weighted by Gasteiger charge is 2.28. The Balaban J connectivity index is 1.45. The first-order valence-corrected chi connectivity index (χ1v) is 11.4. The first kappa shape index (κ1) is 21.8. The maximum atomic E-state index is 13.4. The van der Waals surface area contributed by atoms with Gasteiger partial charge in [0, 0.05) is 50.2 Å². The number of carbonyl (C=O) groups excluding carboxylic acids is 2. The number of hydrogen-bond acceptors (Lipinski definition) is 5. The SMILES string of the molecule is CC(C)OCc1c(C(=O)N2CCCN(CC(=O)N3CCCC3)CC2)oc2ccccc12. The topological polar surface area (TPSA) is 66.2 Å². The molecule has 4 rings (SSSR count). The van der Waals surface area contributed by atoms with Crippen molar-refractivity contribution < 1.29 is 18.7 Å². The Labute approximate surface area is 183 Å². The summed E-state index contributed by atoms with van der Waals surface area (Å²) in [6, 6.07) is 7.72. The Hall–Kier alpha value is -2.38. The summed E-state index contributed by atoms with van der Waals surface area (Å²) in [6.07, 6.45) is 3.12. The van der Waals surface area contributed by atoms with Crippen LogP contribution in [0.1, 0.15) is 49.2 Å². The van der Waals surface area contributed by atoms with E-state index >= 15 is 0 Å². The van der Waals surface area contributed by atoms with Crippen LogP contribution in [-0.4, -0.2) is 78.4 Å². The van der Waals surface area contributed by atoms with Crippen molar-refractivity contribution in [2.45, 2.75) is 45.8 Å². The molecule has 2 saturated heterocycles. The maximum absolute atomic E-state index is 13.4. The van der Waals surface area contributed by atoms with Gasteiger partial charge in [0.15, 0.2) is 5.76 Å². The summed E-state index contributed by atoms with van der Waals surface area (Å²) in [5.74, 6) is 0.498. The molecule has 168 valence electrons. The van der Waals surface area contributed by atoms with E-state index in [2.05, 4.69) is 4.90 Å². The molecule has 3 heterocycles. The first-order valence-electron chi connectivity index (χ1n) is 11.4. The lowest BCUT2D eigenvalue weighted by Gasteiger charge is -2.23. The number of furan rings is 1. The average Bonchev–Trinajstić information content (AvgIpc) is 3.36. The van der Waals surface area contributed by atoms with Crippen LogP contribution in [0.5, 0.6) is 0 Å². The summed E-state index contributed by atoms with van der Waals surface area (Å²) in [4.78, 5) is 31.9. The number of likely N-dealkylation sites (tertiary alicyclic amines) is 1. The molecule has 2 aliphatic rings. The van der Waals surface area contributed by atoms with Crippen molar-refractivity contribution in [3.05, 3.63) is 35.6 Å². The molecule has 1 aromatic carbocycles. The van der Waals surface area contributed by atoms with Crippen molar-refractivity contribution in [2.24, 2.45) is 0 Å². The smallest absolute Gasteiger partial charge is 0.290 e. The fraction of sp³-hybridized carbons (Fsp3) is 0.583. The first-order chi connectivity index (χ1) is 15.0. The lowest BCUT2D eigenvalue weighted by Crippen LogP contribution is -2.41. The van der Waals surface area contributed by atoms with E-state index in [1.54, 1.807) is 0 Å². The maximum Gasteiger partial charge on any atom is 0.290 e. The molecule has 0 aliphatic carbocycles. The van der Waals surface area contributed by atoms with Crippen LogP contribution >= 0.6 is 0 Å². The van der Waals surface area contributed by atoms with Crippen LogP contribution in [0, 0.1) is 0 Å². The molecule has 0 saturated carbocycles. The van der Waals surface area contributed by atoms with Crippen LogP contribution in [-0.2, 0) is 16.1 Å². The number of amides is 2. The molecule has 2 amide bonds. The van der Waals surface area contributed by atoms with Crippen molar-refractivity contribution in [1.29, 1.82) is 0 Å². The van der Waals surface area contributed by atoms with Gasteiger partial charge < -0.3 is 19.0 Å². The van der Waals surface area contributed by atoms with Crippen LogP contribution < -0.4 is 0 Å². The molecule has 2 aliphatic heterocycles. The zero-order valence-electron chi connectivity index (χ0n) is 18.6. The zero-order chi connectivity index (χ0) is 21.8. The van der Waals surface area contributed by atoms with Gasteiger partial charge in [-0.05, 0) is 39.2 Å². The number of fused-ring (bicyclic) bond motifs is 1. The van der Waals surface area contributed by atoms with Crippen molar-refractivity contribution >= 4 is 22.8 Å². The molecule has 0 bridgehead atoms. The summed E-state index contributed by atoms with van der Waals surface area (Å²) >= 11 is 0. The van der Waals surface area contributed by atoms with E-state index in [9.17, 15) is 9.59 Å². The van der Waals surface area contributed by atoms with E-state index in [-0.39, 0.29) is 17.9 Å². The Bertz CT molecular complexity index is 917. The van der Waals surface area contributed by atoms with E-state index < -0.39 is 0 Å². The molecule has 0 atom stereocenters.